The van der Waals surface area contributed by atoms with Crippen molar-refractivity contribution in [1.29, 1.82) is 0 Å². The SMILES string of the molecule is CCC(=CF)COc1ccc(C(=O)Cc2ccc(-c3cnn(C)c3)cc2)cc1.CCC(=CF)COc1ccc(C(=O)Cc2ccc3ccn(C(C)C)c3c2)cc1.CCC(=CF)COc1ccc(C(=O)Cc2ccc3nc(C(C)C)[nH]c3c2)cc1.CCC(=CF)COc1ccc(C(=O)Cc2ncnc3ccc(C)cc23)cc1Cl.CCCCC(=CF)COc1ccc(C(=O)Cc2cccc(-c3ccccc3)c2)cc1F. The number of ketones is 5. The summed E-state index contributed by atoms with van der Waals surface area (Å²) in [6.07, 6.45) is 16.2. The Hall–Kier alpha value is -15.1. The first-order valence-electron chi connectivity index (χ1n) is 47.8. The molecule has 0 aliphatic rings. The van der Waals surface area contributed by atoms with Gasteiger partial charge < -0.3 is 33.2 Å². The highest BCUT2D eigenvalue weighted by Crippen LogP contribution is 2.32. The summed E-state index contributed by atoms with van der Waals surface area (Å²) < 4.78 is 109. The first kappa shape index (κ1) is 108. The van der Waals surface area contributed by atoms with E-state index in [-0.39, 0.29) is 86.1 Å². The molecule has 17 nitrogen and oxygen atoms in total. The van der Waals surface area contributed by atoms with Crippen molar-refractivity contribution in [3.05, 3.63) is 411 Å². The van der Waals surface area contributed by atoms with Crippen LogP contribution in [-0.2, 0) is 39.2 Å². The summed E-state index contributed by atoms with van der Waals surface area (Å²) in [5.41, 5.74) is 19.0. The van der Waals surface area contributed by atoms with Crippen molar-refractivity contribution < 1.29 is 74.0 Å². The number of rotatable bonds is 41. The van der Waals surface area contributed by atoms with Crippen molar-refractivity contribution in [3.8, 4) is 51.0 Å². The maximum absolute atomic E-state index is 14.5. The van der Waals surface area contributed by atoms with E-state index < -0.39 is 5.82 Å². The number of Topliss-reactive ketones (excluding diaryl/α,β-unsaturated/α-hetero) is 5. The van der Waals surface area contributed by atoms with E-state index >= 15 is 0 Å². The van der Waals surface area contributed by atoms with Crippen LogP contribution in [0.2, 0.25) is 5.02 Å². The number of hydrogen-bond donors (Lipinski definition) is 1. The molecule has 1 N–H and O–H groups in total. The van der Waals surface area contributed by atoms with Crippen molar-refractivity contribution in [2.75, 3.05) is 33.0 Å². The standard InChI is InChI=1S/C27H26F2O2.C24H26FNO2.C23H25FN2O2.C23H23FN2O2.C22H20ClFN2O2/c1-2-3-8-21(18-28)19-31-27-14-13-24(17-25(27)29)26(30)16-20-9-7-12-23(15-20)22-10-5-4-6-11-22;1-4-18(15-25)16-28-22-9-7-21(8-10-22)24(27)14-19-5-6-20-11-12-26(17(2)3)23(20)13-19;1-4-16(13-24)14-28-19-8-6-18(7-9-19)22(27)12-17-5-10-20-21(11-17)26-23(25-20)15(2)3;1-3-17(13-24)16-28-22-10-8-20(9-11-22)23(27)12-18-4-6-19(7-5-18)21-14-25-26(2)15-21;1-3-15(11-24)12-28-22-7-5-16(9-18(22)23)21(27)10-20-17-8-14(2)4-6-19(17)25-13-26-20/h4-7,9-15,17-18H,2-3,8,16,19H2,1H3;5-13,15,17H,4,14,16H2,1-3H3;5-11,13,15H,4,12,14H2,1-3H3,(H,25,26);4-11,13-15H,3,12,16H2,1-2H3;4-9,11,13H,3,10,12H2,1-2H3. The molecule has 0 aliphatic carbocycles. The van der Waals surface area contributed by atoms with Crippen LogP contribution in [0.25, 0.3) is 55.1 Å². The molecule has 0 fully saturated rings. The van der Waals surface area contributed by atoms with E-state index in [4.69, 9.17) is 35.3 Å². The van der Waals surface area contributed by atoms with E-state index in [1.807, 2.05) is 182 Å². The highest BCUT2D eigenvalue weighted by atomic mass is 35.5. The van der Waals surface area contributed by atoms with Gasteiger partial charge in [-0.05, 0) is 277 Å². The van der Waals surface area contributed by atoms with Crippen LogP contribution in [0.4, 0.5) is 26.3 Å². The van der Waals surface area contributed by atoms with Crippen LogP contribution in [0.15, 0.2) is 333 Å². The molecule has 0 saturated carbocycles. The van der Waals surface area contributed by atoms with Gasteiger partial charge in [0.05, 0.1) is 71.5 Å². The quantitative estimate of drug-likeness (QED) is 0.0279. The van der Waals surface area contributed by atoms with Crippen LogP contribution in [-0.4, -0.2) is 96.2 Å². The second-order valence-corrected chi connectivity index (χ2v) is 35.4. The third kappa shape index (κ3) is 32.5. The number of aromatic nitrogens is 7. The molecule has 0 bridgehead atoms. The van der Waals surface area contributed by atoms with Gasteiger partial charge in [0.1, 0.15) is 68.2 Å². The van der Waals surface area contributed by atoms with Gasteiger partial charge in [0, 0.05) is 101 Å². The van der Waals surface area contributed by atoms with Crippen molar-refractivity contribution in [1.82, 2.24) is 34.3 Å². The largest absolute Gasteiger partial charge is 0.489 e. The Kier molecular flexibility index (Phi) is 41.8. The molecule has 0 aliphatic heterocycles. The van der Waals surface area contributed by atoms with Crippen molar-refractivity contribution in [2.45, 2.75) is 158 Å². The number of imidazole rings is 1. The lowest BCUT2D eigenvalue weighted by Gasteiger charge is -2.10. The third-order valence-corrected chi connectivity index (χ3v) is 24.0. The number of nitrogens with zero attached hydrogens (tertiary/aromatic N) is 6. The zero-order chi connectivity index (χ0) is 102. The molecule has 0 radical (unpaired) electrons. The molecule has 4 heterocycles. The molecule has 143 heavy (non-hydrogen) atoms. The third-order valence-electron chi connectivity index (χ3n) is 23.7. The topological polar surface area (TPSA) is 209 Å². The Balaban J connectivity index is 0.000000171. The first-order valence-corrected chi connectivity index (χ1v) is 48.2. The summed E-state index contributed by atoms with van der Waals surface area (Å²) in [5.74, 6) is 2.78. The normalized spacial score (nSPS) is 11.7. The Morgan fingerprint density at radius 3 is 1.42 bits per heavy atom. The van der Waals surface area contributed by atoms with Crippen LogP contribution < -0.4 is 23.7 Å². The van der Waals surface area contributed by atoms with Crippen LogP contribution in [0, 0.1) is 12.7 Å². The number of benzene rings is 11. The van der Waals surface area contributed by atoms with Gasteiger partial charge in [-0.15, -0.1) is 0 Å². The molecule has 15 rings (SSSR count). The van der Waals surface area contributed by atoms with E-state index in [1.54, 1.807) is 102 Å². The van der Waals surface area contributed by atoms with Crippen LogP contribution in [0.1, 0.15) is 210 Å². The van der Waals surface area contributed by atoms with Crippen molar-refractivity contribution >= 4 is 73.4 Å². The van der Waals surface area contributed by atoms with E-state index in [1.165, 1.54) is 23.8 Å². The fourth-order valence-electron chi connectivity index (χ4n) is 14.9. The average Bonchev–Trinajstić information content (AvgIpc) is 1.62. The Morgan fingerprint density at radius 1 is 0.434 bits per heavy atom. The van der Waals surface area contributed by atoms with Gasteiger partial charge in [0.25, 0.3) is 0 Å². The van der Waals surface area contributed by atoms with Gasteiger partial charge in [0.15, 0.2) is 40.5 Å². The fourth-order valence-corrected chi connectivity index (χ4v) is 15.2. The summed E-state index contributed by atoms with van der Waals surface area (Å²) in [7, 11) is 1.88. The number of H-pyrrole nitrogens is 1. The number of aromatic amines is 1. The summed E-state index contributed by atoms with van der Waals surface area (Å²) in [4.78, 5) is 79.7. The predicted octanol–water partition coefficient (Wildman–Crippen LogP) is 30.2. The summed E-state index contributed by atoms with van der Waals surface area (Å²) in [6.45, 7) is 20.7. The molecule has 24 heteroatoms. The summed E-state index contributed by atoms with van der Waals surface area (Å²) in [5, 5.41) is 6.53. The van der Waals surface area contributed by atoms with Gasteiger partial charge in [0.2, 0.25) is 0 Å². The van der Waals surface area contributed by atoms with Crippen molar-refractivity contribution in [3.63, 3.8) is 0 Å². The summed E-state index contributed by atoms with van der Waals surface area (Å²) >= 11 is 6.25. The van der Waals surface area contributed by atoms with Gasteiger partial charge in [-0.25, -0.2) is 41.3 Å². The predicted molar refractivity (Wildman–Crippen MR) is 559 cm³/mol. The average molecular weight is 1960 g/mol. The molecule has 0 spiro atoms. The van der Waals surface area contributed by atoms with E-state index in [2.05, 4.69) is 81.7 Å². The lowest BCUT2D eigenvalue weighted by molar-refractivity contribution is 0.0984. The maximum atomic E-state index is 14.5. The Labute approximate surface area is 837 Å². The first-order chi connectivity index (χ1) is 69.2. The molecule has 740 valence electrons. The lowest BCUT2D eigenvalue weighted by Crippen LogP contribution is -2.07. The second kappa shape index (κ2) is 55.2. The second-order valence-electron chi connectivity index (χ2n) is 35.0. The number of halogens is 7. The minimum atomic E-state index is -0.627. The number of carbonyl (C=O) groups is 5. The van der Waals surface area contributed by atoms with E-state index in [0.29, 0.717) is 179 Å². The number of carbonyl (C=O) groups excluding carboxylic acids is 5. The lowest BCUT2D eigenvalue weighted by atomic mass is 9.98. The molecule has 0 saturated heterocycles. The molecule has 0 amide bonds. The zero-order valence-electron chi connectivity index (χ0n) is 82.5. The van der Waals surface area contributed by atoms with Crippen molar-refractivity contribution in [2.24, 2.45) is 7.05 Å². The minimum absolute atomic E-state index is 0.00695. The highest BCUT2D eigenvalue weighted by Gasteiger charge is 2.20. The molecule has 4 aromatic heterocycles. The summed E-state index contributed by atoms with van der Waals surface area (Å²) in [6, 6.07) is 76.0. The Morgan fingerprint density at radius 2 is 0.902 bits per heavy atom. The van der Waals surface area contributed by atoms with Gasteiger partial charge in [-0.3, -0.25) is 28.7 Å². The smallest absolute Gasteiger partial charge is 0.168 e. The van der Waals surface area contributed by atoms with Gasteiger partial charge in [-0.1, -0.05) is 175 Å². The van der Waals surface area contributed by atoms with Crippen LogP contribution in [0.5, 0.6) is 28.7 Å². The maximum Gasteiger partial charge on any atom is 0.168 e. The molecule has 11 aromatic carbocycles. The number of nitrogens with one attached hydrogen (secondary N) is 1. The van der Waals surface area contributed by atoms with Gasteiger partial charge in [-0.2, -0.15) is 5.10 Å². The number of aryl methyl sites for hydroxylation is 2. The van der Waals surface area contributed by atoms with Gasteiger partial charge >= 0.3 is 0 Å². The zero-order valence-corrected chi connectivity index (χ0v) is 83.2. The number of ether oxygens (including phenoxy) is 5. The Bertz CT molecular complexity index is 6940. The highest BCUT2D eigenvalue weighted by molar-refractivity contribution is 6.32. The van der Waals surface area contributed by atoms with Crippen LogP contribution in [0.3, 0.4) is 0 Å². The minimum Gasteiger partial charge on any atom is -0.489 e. The molecule has 0 unspecified atom stereocenters. The number of unbranched alkanes of at least 4 members (excludes halogenated alkanes) is 1. The molecule has 15 aromatic rings. The molecule has 0 atom stereocenters. The van der Waals surface area contributed by atoms with Crippen LogP contribution >= 0.6 is 11.6 Å². The monoisotopic (exact) mass is 1960 g/mol. The number of hydrogen-bond acceptors (Lipinski definition) is 14. The fraction of sp³-hybridized carbons (Fsp3) is 0.252. The van der Waals surface area contributed by atoms with E-state index in [9.17, 15) is 50.3 Å². The molecular weight excluding hydrogens is 1840 g/mol. The van der Waals surface area contributed by atoms with E-state index in [0.717, 1.165) is 96.2 Å². The number of fused-ring (bicyclic) bond motifs is 3. The molecular formula is C119H120ClF6N7O10.